The van der Waals surface area contributed by atoms with E-state index in [0.29, 0.717) is 5.92 Å². The SMILES string of the molecule is CC(C)CSCC(O)c1nccn1C. The van der Waals surface area contributed by atoms with Crippen LogP contribution >= 0.6 is 11.8 Å². The lowest BCUT2D eigenvalue weighted by atomic mass is 10.3. The monoisotopic (exact) mass is 214 g/mol. The van der Waals surface area contributed by atoms with Crippen LogP contribution in [0.4, 0.5) is 0 Å². The van der Waals surface area contributed by atoms with Gasteiger partial charge in [-0.1, -0.05) is 13.8 Å². The molecule has 0 radical (unpaired) electrons. The first-order valence-electron chi connectivity index (χ1n) is 4.84. The first kappa shape index (κ1) is 11.6. The van der Waals surface area contributed by atoms with E-state index in [0.717, 1.165) is 17.3 Å². The molecule has 0 amide bonds. The number of aromatic nitrogens is 2. The highest BCUT2D eigenvalue weighted by atomic mass is 32.2. The number of aliphatic hydroxyl groups excluding tert-OH is 1. The molecule has 1 atom stereocenters. The molecule has 0 saturated heterocycles. The molecule has 0 saturated carbocycles. The van der Waals surface area contributed by atoms with Gasteiger partial charge in [0, 0.05) is 25.2 Å². The van der Waals surface area contributed by atoms with Crippen LogP contribution in [0.2, 0.25) is 0 Å². The number of rotatable bonds is 5. The lowest BCUT2D eigenvalue weighted by molar-refractivity contribution is 0.190. The van der Waals surface area contributed by atoms with Crippen molar-refractivity contribution in [3.8, 4) is 0 Å². The van der Waals surface area contributed by atoms with Gasteiger partial charge < -0.3 is 9.67 Å². The van der Waals surface area contributed by atoms with Crippen molar-refractivity contribution in [3.63, 3.8) is 0 Å². The Balaban J connectivity index is 2.36. The van der Waals surface area contributed by atoms with Crippen LogP contribution in [0.5, 0.6) is 0 Å². The number of hydrogen-bond donors (Lipinski definition) is 1. The number of aliphatic hydroxyl groups is 1. The molecule has 1 aromatic heterocycles. The van der Waals surface area contributed by atoms with Crippen molar-refractivity contribution < 1.29 is 5.11 Å². The molecule has 0 bridgehead atoms. The quantitative estimate of drug-likeness (QED) is 0.813. The molecule has 0 spiro atoms. The largest absolute Gasteiger partial charge is 0.384 e. The summed E-state index contributed by atoms with van der Waals surface area (Å²) in [4.78, 5) is 4.11. The summed E-state index contributed by atoms with van der Waals surface area (Å²) in [6, 6.07) is 0. The van der Waals surface area contributed by atoms with Gasteiger partial charge in [-0.05, 0) is 11.7 Å². The summed E-state index contributed by atoms with van der Waals surface area (Å²) in [6.07, 6.45) is 3.12. The highest BCUT2D eigenvalue weighted by Gasteiger charge is 2.11. The van der Waals surface area contributed by atoms with Crippen molar-refractivity contribution in [2.45, 2.75) is 20.0 Å². The van der Waals surface area contributed by atoms with E-state index >= 15 is 0 Å². The predicted octanol–water partition coefficient (Wildman–Crippen LogP) is 1.84. The predicted molar refractivity (Wildman–Crippen MR) is 60.3 cm³/mol. The van der Waals surface area contributed by atoms with E-state index in [2.05, 4.69) is 18.8 Å². The first-order valence-corrected chi connectivity index (χ1v) is 5.99. The molecule has 0 aliphatic carbocycles. The molecule has 0 aromatic carbocycles. The highest BCUT2D eigenvalue weighted by Crippen LogP contribution is 2.17. The van der Waals surface area contributed by atoms with E-state index in [-0.39, 0.29) is 0 Å². The third-order valence-corrected chi connectivity index (χ3v) is 3.34. The zero-order valence-electron chi connectivity index (χ0n) is 8.97. The van der Waals surface area contributed by atoms with Crippen LogP contribution in [0.25, 0.3) is 0 Å². The van der Waals surface area contributed by atoms with Crippen LogP contribution in [0.3, 0.4) is 0 Å². The fourth-order valence-electron chi connectivity index (χ4n) is 1.19. The maximum Gasteiger partial charge on any atom is 0.138 e. The van der Waals surface area contributed by atoms with Crippen molar-refractivity contribution in [2.75, 3.05) is 11.5 Å². The molecule has 0 aliphatic heterocycles. The van der Waals surface area contributed by atoms with E-state index in [1.54, 1.807) is 18.0 Å². The minimum atomic E-state index is -0.446. The van der Waals surface area contributed by atoms with Crippen LogP contribution in [-0.2, 0) is 7.05 Å². The lowest BCUT2D eigenvalue weighted by Gasteiger charge is -2.10. The first-order chi connectivity index (χ1) is 6.61. The van der Waals surface area contributed by atoms with Crippen molar-refractivity contribution in [1.29, 1.82) is 0 Å². The van der Waals surface area contributed by atoms with Crippen molar-refractivity contribution >= 4 is 11.8 Å². The lowest BCUT2D eigenvalue weighted by Crippen LogP contribution is -2.08. The van der Waals surface area contributed by atoms with E-state index < -0.39 is 6.10 Å². The molecule has 4 heteroatoms. The van der Waals surface area contributed by atoms with Gasteiger partial charge in [0.15, 0.2) is 0 Å². The number of aryl methyl sites for hydroxylation is 1. The van der Waals surface area contributed by atoms with Gasteiger partial charge in [0.25, 0.3) is 0 Å². The van der Waals surface area contributed by atoms with E-state index in [1.165, 1.54) is 0 Å². The van der Waals surface area contributed by atoms with Crippen LogP contribution in [0.15, 0.2) is 12.4 Å². The minimum Gasteiger partial charge on any atom is -0.384 e. The summed E-state index contributed by atoms with van der Waals surface area (Å²) >= 11 is 1.77. The molecule has 0 aliphatic rings. The highest BCUT2D eigenvalue weighted by molar-refractivity contribution is 7.99. The molecule has 1 heterocycles. The van der Waals surface area contributed by atoms with Crippen LogP contribution < -0.4 is 0 Å². The molecule has 1 rings (SSSR count). The molecule has 1 aromatic rings. The van der Waals surface area contributed by atoms with Gasteiger partial charge in [-0.3, -0.25) is 0 Å². The summed E-state index contributed by atoms with van der Waals surface area (Å²) < 4.78 is 1.86. The molecule has 1 unspecified atom stereocenters. The maximum atomic E-state index is 9.80. The van der Waals surface area contributed by atoms with Gasteiger partial charge in [0.1, 0.15) is 11.9 Å². The number of imidazole rings is 1. The molecular weight excluding hydrogens is 196 g/mol. The second-order valence-corrected chi connectivity index (χ2v) is 4.92. The van der Waals surface area contributed by atoms with Gasteiger partial charge >= 0.3 is 0 Å². The standard InChI is InChI=1S/C10H18N2OS/c1-8(2)6-14-7-9(13)10-11-4-5-12(10)3/h4-5,8-9,13H,6-7H2,1-3H3. The number of nitrogens with zero attached hydrogens (tertiary/aromatic N) is 2. The maximum absolute atomic E-state index is 9.80. The Morgan fingerprint density at radius 3 is 2.71 bits per heavy atom. The third-order valence-electron chi connectivity index (χ3n) is 1.88. The van der Waals surface area contributed by atoms with E-state index in [9.17, 15) is 5.11 Å². The van der Waals surface area contributed by atoms with Gasteiger partial charge in [0.05, 0.1) is 0 Å². The van der Waals surface area contributed by atoms with Gasteiger partial charge in [-0.25, -0.2) is 4.98 Å². The Labute approximate surface area is 89.5 Å². The summed E-state index contributed by atoms with van der Waals surface area (Å²) in [5.41, 5.74) is 0. The van der Waals surface area contributed by atoms with Crippen molar-refractivity contribution in [2.24, 2.45) is 13.0 Å². The molecular formula is C10H18N2OS. The molecule has 3 nitrogen and oxygen atoms in total. The van der Waals surface area contributed by atoms with Crippen molar-refractivity contribution in [3.05, 3.63) is 18.2 Å². The zero-order valence-corrected chi connectivity index (χ0v) is 9.79. The van der Waals surface area contributed by atoms with E-state index in [1.807, 2.05) is 17.8 Å². The zero-order chi connectivity index (χ0) is 10.6. The normalized spacial score (nSPS) is 13.5. The summed E-state index contributed by atoms with van der Waals surface area (Å²) in [5.74, 6) is 3.24. The van der Waals surface area contributed by atoms with Crippen LogP contribution in [-0.4, -0.2) is 26.2 Å². The van der Waals surface area contributed by atoms with Gasteiger partial charge in [-0.2, -0.15) is 11.8 Å². The second-order valence-electron chi connectivity index (χ2n) is 3.84. The molecule has 80 valence electrons. The fraction of sp³-hybridized carbons (Fsp3) is 0.700. The van der Waals surface area contributed by atoms with Gasteiger partial charge in [0.2, 0.25) is 0 Å². The summed E-state index contributed by atoms with van der Waals surface area (Å²) in [7, 11) is 1.90. The summed E-state index contributed by atoms with van der Waals surface area (Å²) in [6.45, 7) is 4.36. The molecule has 14 heavy (non-hydrogen) atoms. The topological polar surface area (TPSA) is 38.1 Å². The Hall–Kier alpha value is -0.480. The Morgan fingerprint density at radius 1 is 1.50 bits per heavy atom. The third kappa shape index (κ3) is 3.35. The van der Waals surface area contributed by atoms with Crippen molar-refractivity contribution in [1.82, 2.24) is 9.55 Å². The average Bonchev–Trinajstić information content (AvgIpc) is 2.50. The Bertz CT molecular complexity index is 273. The molecule has 0 fully saturated rings. The summed E-state index contributed by atoms with van der Waals surface area (Å²) in [5, 5.41) is 9.80. The van der Waals surface area contributed by atoms with Crippen LogP contribution in [0, 0.1) is 5.92 Å². The van der Waals surface area contributed by atoms with Crippen LogP contribution in [0.1, 0.15) is 25.8 Å². The fourth-order valence-corrected chi connectivity index (χ4v) is 2.17. The van der Waals surface area contributed by atoms with Gasteiger partial charge in [-0.15, -0.1) is 0 Å². The second kappa shape index (κ2) is 5.41. The van der Waals surface area contributed by atoms with E-state index in [4.69, 9.17) is 0 Å². The Kier molecular flexibility index (Phi) is 4.48. The smallest absolute Gasteiger partial charge is 0.138 e. The average molecular weight is 214 g/mol. The Morgan fingerprint density at radius 2 is 2.21 bits per heavy atom. The number of hydrogen-bond acceptors (Lipinski definition) is 3. The molecule has 1 N–H and O–H groups in total. The minimum absolute atomic E-state index is 0.446. The number of thioether (sulfide) groups is 1.